The van der Waals surface area contributed by atoms with Crippen LogP contribution in [0.15, 0.2) is 18.2 Å². The van der Waals surface area contributed by atoms with Gasteiger partial charge in [0.1, 0.15) is 6.04 Å². The van der Waals surface area contributed by atoms with Crippen LogP contribution in [-0.2, 0) is 9.59 Å². The summed E-state index contributed by atoms with van der Waals surface area (Å²) in [5.74, 6) is -1.85. The topological polar surface area (TPSA) is 98.8 Å². The molecule has 3 saturated heterocycles. The summed E-state index contributed by atoms with van der Waals surface area (Å²) in [4.78, 5) is 52.9. The molecule has 1 aromatic carbocycles. The molecule has 3 unspecified atom stereocenters. The summed E-state index contributed by atoms with van der Waals surface area (Å²) in [5.41, 5.74) is 1.63. The lowest BCUT2D eigenvalue weighted by Crippen LogP contribution is -2.57. The van der Waals surface area contributed by atoms with Crippen LogP contribution in [0.4, 0.5) is 5.69 Å². The first-order chi connectivity index (χ1) is 14.0. The van der Waals surface area contributed by atoms with E-state index in [0.717, 1.165) is 49.4 Å². The molecule has 3 fully saturated rings. The maximum atomic E-state index is 13.1. The highest BCUT2D eigenvalue weighted by Crippen LogP contribution is 2.34. The molecule has 4 aliphatic heterocycles. The minimum atomic E-state index is -0.925. The van der Waals surface area contributed by atoms with E-state index in [9.17, 15) is 19.2 Å². The molecule has 29 heavy (non-hydrogen) atoms. The van der Waals surface area contributed by atoms with E-state index in [1.54, 1.807) is 12.1 Å². The van der Waals surface area contributed by atoms with Crippen LogP contribution in [-0.4, -0.2) is 59.7 Å². The van der Waals surface area contributed by atoms with Gasteiger partial charge in [0, 0.05) is 30.7 Å². The molecule has 3 atom stereocenters. The molecule has 4 heterocycles. The lowest BCUT2D eigenvalue weighted by atomic mass is 9.89. The van der Waals surface area contributed by atoms with Gasteiger partial charge in [0.2, 0.25) is 11.8 Å². The quantitative estimate of drug-likeness (QED) is 0.718. The van der Waals surface area contributed by atoms with E-state index in [1.807, 2.05) is 6.07 Å². The molecule has 8 nitrogen and oxygen atoms in total. The number of hydrogen-bond acceptors (Lipinski definition) is 6. The van der Waals surface area contributed by atoms with Crippen molar-refractivity contribution in [3.63, 3.8) is 0 Å². The Morgan fingerprint density at radius 3 is 2.59 bits per heavy atom. The van der Waals surface area contributed by atoms with Crippen molar-refractivity contribution in [2.45, 2.75) is 56.7 Å². The van der Waals surface area contributed by atoms with Crippen molar-refractivity contribution in [2.75, 3.05) is 18.0 Å². The smallest absolute Gasteiger partial charge is 0.262 e. The molecule has 8 heteroatoms. The summed E-state index contributed by atoms with van der Waals surface area (Å²) < 4.78 is 0. The second-order valence-corrected chi connectivity index (χ2v) is 8.28. The second-order valence-electron chi connectivity index (χ2n) is 8.28. The number of hydrogen-bond donors (Lipinski definition) is 2. The van der Waals surface area contributed by atoms with Crippen molar-refractivity contribution >= 4 is 29.3 Å². The Morgan fingerprint density at radius 2 is 1.76 bits per heavy atom. The minimum absolute atomic E-state index is 0.124. The van der Waals surface area contributed by atoms with Gasteiger partial charge in [-0.1, -0.05) is 0 Å². The number of nitrogens with zero attached hydrogens (tertiary/aromatic N) is 2. The number of imide groups is 2. The van der Waals surface area contributed by atoms with Crippen molar-refractivity contribution in [2.24, 2.45) is 0 Å². The van der Waals surface area contributed by atoms with Crippen LogP contribution < -0.4 is 15.5 Å². The van der Waals surface area contributed by atoms with Crippen LogP contribution in [0.25, 0.3) is 0 Å². The Kier molecular flexibility index (Phi) is 4.38. The summed E-state index contributed by atoms with van der Waals surface area (Å²) in [7, 11) is 0. The molecular formula is C21H24N4O4. The summed E-state index contributed by atoms with van der Waals surface area (Å²) in [6, 6.07) is 5.35. The van der Waals surface area contributed by atoms with Crippen LogP contribution in [0, 0.1) is 0 Å². The molecule has 0 bridgehead atoms. The highest BCUT2D eigenvalue weighted by molar-refractivity contribution is 6.23. The number of nitrogens with one attached hydrogen (secondary N) is 2. The average Bonchev–Trinajstić information content (AvgIpc) is 2.98. The number of anilines is 1. The van der Waals surface area contributed by atoms with Crippen LogP contribution in [0.2, 0.25) is 0 Å². The van der Waals surface area contributed by atoms with Gasteiger partial charge in [-0.3, -0.25) is 29.4 Å². The number of carbonyl (C=O) groups excluding carboxylic acids is 4. The molecule has 0 spiro atoms. The van der Waals surface area contributed by atoms with Crippen LogP contribution >= 0.6 is 0 Å². The van der Waals surface area contributed by atoms with Crippen molar-refractivity contribution in [3.05, 3.63) is 29.3 Å². The van der Waals surface area contributed by atoms with E-state index in [4.69, 9.17) is 0 Å². The van der Waals surface area contributed by atoms with Gasteiger partial charge in [0.25, 0.3) is 11.8 Å². The molecule has 5 rings (SSSR count). The van der Waals surface area contributed by atoms with Gasteiger partial charge in [-0.25, -0.2) is 0 Å². The number of benzene rings is 1. The van der Waals surface area contributed by atoms with Gasteiger partial charge in [0.15, 0.2) is 0 Å². The Bertz CT molecular complexity index is 912. The molecule has 1 aromatic rings. The van der Waals surface area contributed by atoms with Gasteiger partial charge in [0.05, 0.1) is 11.1 Å². The molecule has 2 N–H and O–H groups in total. The van der Waals surface area contributed by atoms with Crippen molar-refractivity contribution in [1.29, 1.82) is 0 Å². The van der Waals surface area contributed by atoms with E-state index in [2.05, 4.69) is 15.5 Å². The number of piperidine rings is 3. The first-order valence-corrected chi connectivity index (χ1v) is 10.4. The molecule has 152 valence electrons. The van der Waals surface area contributed by atoms with Gasteiger partial charge in [-0.15, -0.1) is 0 Å². The predicted molar refractivity (Wildman–Crippen MR) is 105 cm³/mol. The number of rotatable bonds is 2. The van der Waals surface area contributed by atoms with Gasteiger partial charge in [-0.2, -0.15) is 0 Å². The normalized spacial score (nSPS) is 29.6. The Balaban J connectivity index is 1.44. The second kappa shape index (κ2) is 6.95. The third-order valence-electron chi connectivity index (χ3n) is 6.62. The first kappa shape index (κ1) is 18.3. The first-order valence-electron chi connectivity index (χ1n) is 10.4. The Morgan fingerprint density at radius 1 is 0.931 bits per heavy atom. The van der Waals surface area contributed by atoms with Crippen LogP contribution in [0.1, 0.15) is 59.2 Å². The van der Waals surface area contributed by atoms with E-state index < -0.39 is 23.8 Å². The fraction of sp³-hybridized carbons (Fsp3) is 0.524. The zero-order valence-electron chi connectivity index (χ0n) is 16.1. The fourth-order valence-corrected chi connectivity index (χ4v) is 5.21. The zero-order chi connectivity index (χ0) is 20.1. The maximum Gasteiger partial charge on any atom is 0.262 e. The van der Waals surface area contributed by atoms with Crippen LogP contribution in [0.3, 0.4) is 0 Å². The molecule has 0 saturated carbocycles. The van der Waals surface area contributed by atoms with Crippen molar-refractivity contribution in [1.82, 2.24) is 15.5 Å². The number of amides is 4. The SMILES string of the molecule is O=C1CCC(N2C(=O)c3ccc(N4CCCC5NCCCC54)cc3C2=O)C(=O)N1. The van der Waals surface area contributed by atoms with E-state index in [1.165, 1.54) is 0 Å². The monoisotopic (exact) mass is 396 g/mol. The van der Waals surface area contributed by atoms with E-state index in [0.29, 0.717) is 23.2 Å². The van der Waals surface area contributed by atoms with Crippen molar-refractivity contribution < 1.29 is 19.2 Å². The third kappa shape index (κ3) is 2.93. The van der Waals surface area contributed by atoms with Gasteiger partial charge < -0.3 is 10.2 Å². The average molecular weight is 396 g/mol. The maximum absolute atomic E-state index is 13.1. The Labute approximate surface area is 168 Å². The number of carbonyl (C=O) groups is 4. The summed E-state index contributed by atoms with van der Waals surface area (Å²) in [6.45, 7) is 1.98. The molecule has 0 radical (unpaired) electrons. The molecule has 4 aliphatic rings. The molecule has 0 aliphatic carbocycles. The van der Waals surface area contributed by atoms with Gasteiger partial charge >= 0.3 is 0 Å². The Hall–Kier alpha value is -2.74. The zero-order valence-corrected chi connectivity index (χ0v) is 16.1. The summed E-state index contributed by atoms with van der Waals surface area (Å²) >= 11 is 0. The third-order valence-corrected chi connectivity index (χ3v) is 6.62. The van der Waals surface area contributed by atoms with Crippen LogP contribution in [0.5, 0.6) is 0 Å². The lowest BCUT2D eigenvalue weighted by Gasteiger charge is -2.45. The van der Waals surface area contributed by atoms with Crippen molar-refractivity contribution in [3.8, 4) is 0 Å². The van der Waals surface area contributed by atoms with Gasteiger partial charge in [-0.05, 0) is 56.8 Å². The highest BCUT2D eigenvalue weighted by Gasteiger charge is 2.45. The minimum Gasteiger partial charge on any atom is -0.367 e. The standard InChI is InChI=1S/C21H24N4O4/c26-18-8-7-17(19(27)23-18)25-20(28)13-6-5-12(11-14(13)21(25)29)24-10-2-3-15-16(24)4-1-9-22-15/h5-6,11,15-17,22H,1-4,7-10H2,(H,23,26,27). The molecular weight excluding hydrogens is 372 g/mol. The lowest BCUT2D eigenvalue weighted by molar-refractivity contribution is -0.136. The summed E-state index contributed by atoms with van der Waals surface area (Å²) in [5, 5.41) is 5.83. The predicted octanol–water partition coefficient (Wildman–Crippen LogP) is 0.809. The fourth-order valence-electron chi connectivity index (χ4n) is 5.21. The van der Waals surface area contributed by atoms with E-state index >= 15 is 0 Å². The number of fused-ring (bicyclic) bond motifs is 2. The largest absolute Gasteiger partial charge is 0.367 e. The summed E-state index contributed by atoms with van der Waals surface area (Å²) in [6.07, 6.45) is 4.78. The molecule has 4 amide bonds. The highest BCUT2D eigenvalue weighted by atomic mass is 16.2. The van der Waals surface area contributed by atoms with E-state index in [-0.39, 0.29) is 18.7 Å². The molecule has 0 aromatic heterocycles.